The molecule has 0 spiro atoms. The highest BCUT2D eigenvalue weighted by Gasteiger charge is 2.35. The molecule has 1 saturated heterocycles. The van der Waals surface area contributed by atoms with Crippen LogP contribution < -0.4 is 10.1 Å². The van der Waals surface area contributed by atoms with E-state index in [-0.39, 0.29) is 5.56 Å². The summed E-state index contributed by atoms with van der Waals surface area (Å²) in [7, 11) is 1.59. The van der Waals surface area contributed by atoms with Gasteiger partial charge in [0, 0.05) is 43.4 Å². The fraction of sp³-hybridized carbons (Fsp3) is 0.381. The molecule has 3 rings (SSSR count). The number of carbonyl (C=O) groups is 1. The quantitative estimate of drug-likeness (QED) is 0.796. The van der Waals surface area contributed by atoms with E-state index in [9.17, 15) is 18.7 Å². The van der Waals surface area contributed by atoms with Crippen LogP contribution in [0.15, 0.2) is 42.5 Å². The van der Waals surface area contributed by atoms with Crippen molar-refractivity contribution >= 4 is 5.91 Å². The van der Waals surface area contributed by atoms with Gasteiger partial charge in [0.25, 0.3) is 5.91 Å². The van der Waals surface area contributed by atoms with Crippen LogP contribution in [-0.2, 0) is 5.60 Å². The molecule has 1 aliphatic heterocycles. The van der Waals surface area contributed by atoms with Gasteiger partial charge < -0.3 is 20.1 Å². The lowest BCUT2D eigenvalue weighted by atomic mass is 9.84. The molecule has 1 amide bonds. The number of nitrogens with one attached hydrogen (secondary N) is 1. The van der Waals surface area contributed by atoms with E-state index in [4.69, 9.17) is 4.74 Å². The number of likely N-dealkylation sites (tertiary alicyclic amines) is 1. The smallest absolute Gasteiger partial charge is 0.251 e. The summed E-state index contributed by atoms with van der Waals surface area (Å²) in [5.41, 5.74) is -0.189. The largest absolute Gasteiger partial charge is 0.496 e. The molecule has 0 aromatic heterocycles. The van der Waals surface area contributed by atoms with Gasteiger partial charge in [0.2, 0.25) is 0 Å². The van der Waals surface area contributed by atoms with Gasteiger partial charge in [-0.3, -0.25) is 4.79 Å². The highest BCUT2D eigenvalue weighted by molar-refractivity contribution is 5.94. The lowest BCUT2D eigenvalue weighted by molar-refractivity contribution is -0.0270. The number of rotatable bonds is 6. The average molecular weight is 390 g/mol. The van der Waals surface area contributed by atoms with Crippen molar-refractivity contribution in [2.45, 2.75) is 18.4 Å². The number of carbonyl (C=O) groups excluding carboxylic acids is 1. The number of nitrogens with zero attached hydrogens (tertiary/aromatic N) is 1. The number of para-hydroxylation sites is 1. The van der Waals surface area contributed by atoms with E-state index in [1.165, 1.54) is 0 Å². The molecule has 7 heteroatoms. The minimum Gasteiger partial charge on any atom is -0.496 e. The number of ether oxygens (including phenoxy) is 1. The van der Waals surface area contributed by atoms with Gasteiger partial charge in [0.1, 0.15) is 17.4 Å². The van der Waals surface area contributed by atoms with Crippen LogP contribution in [0.3, 0.4) is 0 Å². The number of hydrogen-bond donors (Lipinski definition) is 2. The van der Waals surface area contributed by atoms with Gasteiger partial charge in [-0.25, -0.2) is 8.78 Å². The summed E-state index contributed by atoms with van der Waals surface area (Å²) in [4.78, 5) is 14.2. The summed E-state index contributed by atoms with van der Waals surface area (Å²) in [6.45, 7) is 2.27. The zero-order chi connectivity index (χ0) is 20.1. The molecular formula is C21H24F2N2O3. The fourth-order valence-electron chi connectivity index (χ4n) is 3.56. The Hall–Kier alpha value is -2.51. The molecule has 0 unspecified atom stereocenters. The van der Waals surface area contributed by atoms with Gasteiger partial charge in [-0.15, -0.1) is 0 Å². The number of benzene rings is 2. The van der Waals surface area contributed by atoms with Crippen LogP contribution >= 0.6 is 0 Å². The molecular weight excluding hydrogens is 366 g/mol. The van der Waals surface area contributed by atoms with Crippen molar-refractivity contribution in [1.82, 2.24) is 10.2 Å². The topological polar surface area (TPSA) is 61.8 Å². The minimum atomic E-state index is -0.939. The molecule has 1 fully saturated rings. The Morgan fingerprint density at radius 3 is 2.46 bits per heavy atom. The maximum absolute atomic E-state index is 13.2. The summed E-state index contributed by atoms with van der Waals surface area (Å²) >= 11 is 0. The molecule has 2 aromatic carbocycles. The average Bonchev–Trinajstić information content (AvgIpc) is 2.68. The van der Waals surface area contributed by atoms with Gasteiger partial charge >= 0.3 is 0 Å². The Labute approximate surface area is 162 Å². The van der Waals surface area contributed by atoms with Crippen molar-refractivity contribution in [2.24, 2.45) is 0 Å². The highest BCUT2D eigenvalue weighted by Crippen LogP contribution is 2.37. The van der Waals surface area contributed by atoms with Crippen LogP contribution in [-0.4, -0.2) is 49.2 Å². The molecule has 5 nitrogen and oxygen atoms in total. The Morgan fingerprint density at radius 2 is 1.82 bits per heavy atom. The molecule has 0 saturated carbocycles. The van der Waals surface area contributed by atoms with Crippen molar-refractivity contribution in [1.29, 1.82) is 0 Å². The Kier molecular flexibility index (Phi) is 6.26. The fourth-order valence-corrected chi connectivity index (χ4v) is 3.56. The zero-order valence-electron chi connectivity index (χ0n) is 15.8. The van der Waals surface area contributed by atoms with Gasteiger partial charge in [0.05, 0.1) is 12.7 Å². The van der Waals surface area contributed by atoms with E-state index in [0.717, 1.165) is 23.8 Å². The molecule has 2 N–H and O–H groups in total. The summed E-state index contributed by atoms with van der Waals surface area (Å²) in [6, 6.07) is 10.2. The van der Waals surface area contributed by atoms with E-state index in [0.29, 0.717) is 44.8 Å². The van der Waals surface area contributed by atoms with Crippen LogP contribution in [0, 0.1) is 11.6 Å². The molecule has 28 heavy (non-hydrogen) atoms. The van der Waals surface area contributed by atoms with Crippen LogP contribution in [0.4, 0.5) is 8.78 Å². The maximum Gasteiger partial charge on any atom is 0.251 e. The van der Waals surface area contributed by atoms with Gasteiger partial charge in [-0.1, -0.05) is 18.2 Å². The molecule has 1 aliphatic rings. The van der Waals surface area contributed by atoms with Crippen LogP contribution in [0.2, 0.25) is 0 Å². The van der Waals surface area contributed by atoms with Gasteiger partial charge in [-0.05, 0) is 31.0 Å². The number of amides is 1. The van der Waals surface area contributed by atoms with Gasteiger partial charge in [0.15, 0.2) is 0 Å². The lowest BCUT2D eigenvalue weighted by Crippen LogP contribution is -2.45. The van der Waals surface area contributed by atoms with Gasteiger partial charge in [-0.2, -0.15) is 0 Å². The molecule has 1 heterocycles. The Morgan fingerprint density at radius 1 is 1.18 bits per heavy atom. The van der Waals surface area contributed by atoms with Crippen LogP contribution in [0.1, 0.15) is 28.8 Å². The van der Waals surface area contributed by atoms with E-state index in [2.05, 4.69) is 10.2 Å². The first kappa shape index (κ1) is 20.2. The monoisotopic (exact) mass is 390 g/mol. The van der Waals surface area contributed by atoms with E-state index < -0.39 is 23.1 Å². The third-order valence-corrected chi connectivity index (χ3v) is 5.13. The second kappa shape index (κ2) is 8.67. The third-order valence-electron chi connectivity index (χ3n) is 5.13. The molecule has 0 atom stereocenters. The first-order valence-corrected chi connectivity index (χ1v) is 9.24. The summed E-state index contributed by atoms with van der Waals surface area (Å²) < 4.78 is 31.8. The van der Waals surface area contributed by atoms with Crippen molar-refractivity contribution < 1.29 is 23.4 Å². The highest BCUT2D eigenvalue weighted by atomic mass is 19.1. The third kappa shape index (κ3) is 4.66. The van der Waals surface area contributed by atoms with E-state index in [1.807, 2.05) is 24.3 Å². The second-order valence-corrected chi connectivity index (χ2v) is 6.99. The van der Waals surface area contributed by atoms with E-state index >= 15 is 0 Å². The SMILES string of the molecule is COc1ccccc1C1(O)CCN(CCNC(=O)c2cc(F)cc(F)c2)CC1. The molecule has 150 valence electrons. The minimum absolute atomic E-state index is 0.0401. The van der Waals surface area contributed by atoms with E-state index in [1.54, 1.807) is 7.11 Å². The number of halogens is 2. The van der Waals surface area contributed by atoms with Crippen molar-refractivity contribution in [3.63, 3.8) is 0 Å². The van der Waals surface area contributed by atoms with Crippen molar-refractivity contribution in [3.8, 4) is 5.75 Å². The standard InChI is InChI=1S/C21H24F2N2O3/c1-28-19-5-3-2-4-18(19)21(27)6-9-25(10-7-21)11-8-24-20(26)15-12-16(22)14-17(23)13-15/h2-5,12-14,27H,6-11H2,1H3,(H,24,26). The first-order chi connectivity index (χ1) is 13.4. The molecule has 2 aromatic rings. The first-order valence-electron chi connectivity index (χ1n) is 9.24. The predicted octanol–water partition coefficient (Wildman–Crippen LogP) is 2.69. The maximum atomic E-state index is 13.2. The lowest BCUT2D eigenvalue weighted by Gasteiger charge is -2.39. The normalized spacial score (nSPS) is 16.6. The number of aliphatic hydroxyl groups is 1. The second-order valence-electron chi connectivity index (χ2n) is 6.99. The number of piperidine rings is 1. The van der Waals surface area contributed by atoms with Crippen LogP contribution in [0.25, 0.3) is 0 Å². The predicted molar refractivity (Wildman–Crippen MR) is 101 cm³/mol. The van der Waals surface area contributed by atoms with Crippen LogP contribution in [0.5, 0.6) is 5.75 Å². The molecule has 0 bridgehead atoms. The summed E-state index contributed by atoms with van der Waals surface area (Å²) in [5, 5.41) is 13.7. The Bertz CT molecular complexity index is 816. The number of hydrogen-bond acceptors (Lipinski definition) is 4. The molecule has 0 radical (unpaired) electrons. The summed E-state index contributed by atoms with van der Waals surface area (Å²) in [5.74, 6) is -1.40. The van der Waals surface area contributed by atoms with Crippen molar-refractivity contribution in [2.75, 3.05) is 33.3 Å². The summed E-state index contributed by atoms with van der Waals surface area (Å²) in [6.07, 6.45) is 1.10. The Balaban J connectivity index is 1.50. The molecule has 0 aliphatic carbocycles. The van der Waals surface area contributed by atoms with Crippen molar-refractivity contribution in [3.05, 3.63) is 65.2 Å². The number of methoxy groups -OCH3 is 1. The zero-order valence-corrected chi connectivity index (χ0v) is 15.8.